The number of alkyl halides is 4. The summed E-state index contributed by atoms with van der Waals surface area (Å²) in [5.41, 5.74) is -1.65. The molecule has 0 fully saturated rings. The molecule has 0 unspecified atom stereocenters. The topological polar surface area (TPSA) is 18.5 Å². The third kappa shape index (κ3) is 4.47. The highest BCUT2D eigenvalue weighted by molar-refractivity contribution is 7.97. The van der Waals surface area contributed by atoms with Crippen molar-refractivity contribution in [3.63, 3.8) is 0 Å². The molecule has 146 valence electrons. The van der Waals surface area contributed by atoms with Crippen LogP contribution in [0.5, 0.6) is 11.5 Å². The molecule has 2 nitrogen and oxygen atoms in total. The van der Waals surface area contributed by atoms with Crippen LogP contribution < -0.4 is 9.47 Å². The molecule has 0 atom stereocenters. The highest BCUT2D eigenvalue weighted by atomic mass is 32.1. The summed E-state index contributed by atoms with van der Waals surface area (Å²) >= 11 is 0. The van der Waals surface area contributed by atoms with Gasteiger partial charge in [-0.15, -0.1) is 0 Å². The van der Waals surface area contributed by atoms with Crippen LogP contribution in [0.15, 0.2) is 48.5 Å². The third-order valence-electron chi connectivity index (χ3n) is 3.58. The maximum absolute atomic E-state index is 14.1. The molecule has 0 amide bonds. The summed E-state index contributed by atoms with van der Waals surface area (Å²) in [6.45, 7) is 0. The van der Waals surface area contributed by atoms with Gasteiger partial charge in [-0.3, -0.25) is 0 Å². The van der Waals surface area contributed by atoms with Gasteiger partial charge in [0.1, 0.15) is 11.5 Å². The molecule has 0 N–H and O–H groups in total. The largest absolute Gasteiger partial charge is 0.497 e. The molecule has 0 bridgehead atoms. The maximum atomic E-state index is 14.1. The maximum Gasteiger partial charge on any atom is 0.333 e. The SMILES string of the molecule is COc1ccc(C(F)(F)C(F)=S=C(F)C(F)(F)c2ccc(OC)cc2)cc1. The van der Waals surface area contributed by atoms with Crippen LogP contribution in [0.4, 0.5) is 26.3 Å². The van der Waals surface area contributed by atoms with Gasteiger partial charge < -0.3 is 9.47 Å². The van der Waals surface area contributed by atoms with Gasteiger partial charge in [-0.1, -0.05) is 10.9 Å². The number of hydrogen-bond acceptors (Lipinski definition) is 2. The Labute approximate surface area is 154 Å². The third-order valence-corrected chi connectivity index (χ3v) is 4.45. The first-order valence-corrected chi connectivity index (χ1v) is 8.23. The van der Waals surface area contributed by atoms with Gasteiger partial charge in [-0.2, -0.15) is 26.3 Å². The van der Waals surface area contributed by atoms with Gasteiger partial charge in [-0.25, -0.2) is 0 Å². The van der Waals surface area contributed by atoms with E-state index >= 15 is 0 Å². The Kier molecular flexibility index (Phi) is 6.25. The molecule has 2 aromatic rings. The summed E-state index contributed by atoms with van der Waals surface area (Å²) in [4.78, 5) is 0. The zero-order valence-electron chi connectivity index (χ0n) is 14.1. The van der Waals surface area contributed by atoms with Crippen LogP contribution in [0.1, 0.15) is 11.1 Å². The number of hydrogen-bond donors (Lipinski definition) is 0. The number of benzene rings is 2. The smallest absolute Gasteiger partial charge is 0.333 e. The molecule has 0 aliphatic rings. The van der Waals surface area contributed by atoms with E-state index in [-0.39, 0.29) is 11.5 Å². The van der Waals surface area contributed by atoms with Crippen LogP contribution in [-0.2, 0) is 11.8 Å². The van der Waals surface area contributed by atoms with E-state index in [1.165, 1.54) is 14.2 Å². The van der Waals surface area contributed by atoms with Gasteiger partial charge in [0.15, 0.2) is 0 Å². The van der Waals surface area contributed by atoms with Crippen LogP contribution in [-0.4, -0.2) is 24.5 Å². The van der Waals surface area contributed by atoms with E-state index in [0.717, 1.165) is 48.5 Å². The summed E-state index contributed by atoms with van der Waals surface area (Å²) < 4.78 is 94.0. The molecule has 0 spiro atoms. The first-order valence-electron chi connectivity index (χ1n) is 7.41. The summed E-state index contributed by atoms with van der Waals surface area (Å²) in [5.74, 6) is -8.06. The van der Waals surface area contributed by atoms with E-state index in [4.69, 9.17) is 9.47 Å². The predicted molar refractivity (Wildman–Crippen MR) is 93.6 cm³/mol. The monoisotopic (exact) mass is 408 g/mol. The highest BCUT2D eigenvalue weighted by Gasteiger charge is 2.42. The Hall–Kier alpha value is -2.42. The van der Waals surface area contributed by atoms with Gasteiger partial charge in [0.25, 0.3) is 0 Å². The molecular formula is C18H14F6O2S. The summed E-state index contributed by atoms with van der Waals surface area (Å²) in [7, 11) is 1.67. The van der Waals surface area contributed by atoms with Crippen molar-refractivity contribution in [3.8, 4) is 11.5 Å². The van der Waals surface area contributed by atoms with E-state index in [1.54, 1.807) is 0 Å². The van der Waals surface area contributed by atoms with Crippen LogP contribution in [0.25, 0.3) is 0 Å². The molecule has 27 heavy (non-hydrogen) atoms. The Morgan fingerprint density at radius 1 is 0.667 bits per heavy atom. The second kappa shape index (κ2) is 8.08. The van der Waals surface area contributed by atoms with E-state index in [9.17, 15) is 26.3 Å². The van der Waals surface area contributed by atoms with E-state index in [1.807, 2.05) is 0 Å². The normalized spacial score (nSPS) is 11.7. The van der Waals surface area contributed by atoms with Gasteiger partial charge in [0.05, 0.1) is 14.2 Å². The molecule has 9 heteroatoms. The van der Waals surface area contributed by atoms with Crippen LogP contribution in [0, 0.1) is 0 Å². The van der Waals surface area contributed by atoms with Crippen molar-refractivity contribution < 1.29 is 35.8 Å². The summed E-state index contributed by atoms with van der Waals surface area (Å²) in [6, 6.07) is 8.02. The van der Waals surface area contributed by atoms with Crippen molar-refractivity contribution in [2.45, 2.75) is 11.8 Å². The van der Waals surface area contributed by atoms with Crippen molar-refractivity contribution in [1.82, 2.24) is 0 Å². The van der Waals surface area contributed by atoms with Crippen molar-refractivity contribution in [2.75, 3.05) is 14.2 Å². The molecule has 0 saturated heterocycles. The lowest BCUT2D eigenvalue weighted by Gasteiger charge is -2.15. The fourth-order valence-corrected chi connectivity index (χ4v) is 2.68. The Morgan fingerprint density at radius 3 is 1.22 bits per heavy atom. The minimum Gasteiger partial charge on any atom is -0.497 e. The van der Waals surface area contributed by atoms with Crippen molar-refractivity contribution in [3.05, 3.63) is 59.7 Å². The Morgan fingerprint density at radius 2 is 0.963 bits per heavy atom. The number of halogens is 6. The van der Waals surface area contributed by atoms with Crippen LogP contribution >= 0.6 is 10.9 Å². The number of ether oxygens (including phenoxy) is 2. The molecule has 0 aliphatic heterocycles. The second-order valence-electron chi connectivity index (χ2n) is 5.26. The van der Waals surface area contributed by atoms with Crippen molar-refractivity contribution >= 4 is 21.2 Å². The van der Waals surface area contributed by atoms with Crippen LogP contribution in [0.3, 0.4) is 0 Å². The van der Waals surface area contributed by atoms with Gasteiger partial charge in [0, 0.05) is 11.1 Å². The molecule has 2 aromatic carbocycles. The zero-order chi connectivity index (χ0) is 20.2. The lowest BCUT2D eigenvalue weighted by atomic mass is 10.1. The highest BCUT2D eigenvalue weighted by Crippen LogP contribution is 2.35. The fourth-order valence-electron chi connectivity index (χ4n) is 2.03. The lowest BCUT2D eigenvalue weighted by molar-refractivity contribution is 0.0668. The summed E-state index contributed by atoms with van der Waals surface area (Å²) in [6.07, 6.45) is 0. The summed E-state index contributed by atoms with van der Waals surface area (Å²) in [5, 5.41) is -4.61. The molecule has 0 aromatic heterocycles. The average molecular weight is 408 g/mol. The molecule has 0 saturated carbocycles. The van der Waals surface area contributed by atoms with E-state index in [0.29, 0.717) is 0 Å². The van der Waals surface area contributed by atoms with Crippen molar-refractivity contribution in [2.24, 2.45) is 0 Å². The fraction of sp³-hybridized carbons (Fsp3) is 0.222. The average Bonchev–Trinajstić information content (AvgIpc) is 2.67. The molecule has 0 radical (unpaired) electrons. The van der Waals surface area contributed by atoms with Gasteiger partial charge in [0.2, 0.25) is 10.2 Å². The number of methoxy groups -OCH3 is 2. The molecule has 0 heterocycles. The van der Waals surface area contributed by atoms with Gasteiger partial charge >= 0.3 is 11.8 Å². The second-order valence-corrected chi connectivity index (χ2v) is 6.18. The first-order chi connectivity index (χ1) is 12.6. The standard InChI is InChI=1S/C18H14F6O2S/c1-25-13-7-3-11(4-8-13)17(21,22)15(19)27-16(20)18(23,24)12-5-9-14(26-2)10-6-12/h3-10H,1-2H3. The molecule has 2 rings (SSSR count). The lowest BCUT2D eigenvalue weighted by Crippen LogP contribution is -2.24. The van der Waals surface area contributed by atoms with Gasteiger partial charge in [-0.05, 0) is 48.5 Å². The Balaban J connectivity index is 2.42. The van der Waals surface area contributed by atoms with E-state index in [2.05, 4.69) is 0 Å². The molecular weight excluding hydrogens is 394 g/mol. The quantitative estimate of drug-likeness (QED) is 0.356. The van der Waals surface area contributed by atoms with E-state index < -0.39 is 44.1 Å². The minimum absolute atomic E-state index is 0.242. The van der Waals surface area contributed by atoms with Crippen LogP contribution in [0.2, 0.25) is 0 Å². The predicted octanol–water partition coefficient (Wildman–Crippen LogP) is 5.52. The molecule has 0 aliphatic carbocycles. The number of rotatable bonds is 6. The minimum atomic E-state index is -4.27. The van der Waals surface area contributed by atoms with Crippen molar-refractivity contribution in [1.29, 1.82) is 0 Å². The first kappa shape index (κ1) is 20.9. The Bertz CT molecular complexity index is 787. The zero-order valence-corrected chi connectivity index (χ0v) is 14.9.